The summed E-state index contributed by atoms with van der Waals surface area (Å²) in [6, 6.07) is 3.87. The number of hydrogen-bond acceptors (Lipinski definition) is 4. The van der Waals surface area contributed by atoms with Crippen molar-refractivity contribution in [2.75, 3.05) is 4.90 Å². The van der Waals surface area contributed by atoms with Gasteiger partial charge in [0.05, 0.1) is 6.54 Å². The van der Waals surface area contributed by atoms with E-state index in [1.54, 1.807) is 17.3 Å². The third-order valence-corrected chi connectivity index (χ3v) is 3.92. The van der Waals surface area contributed by atoms with Gasteiger partial charge >= 0.3 is 0 Å². The fraction of sp³-hybridized carbons (Fsp3) is 0.412. The first-order chi connectivity index (χ1) is 10.7. The molecule has 0 bridgehead atoms. The van der Waals surface area contributed by atoms with Crippen molar-refractivity contribution in [2.24, 2.45) is 0 Å². The highest BCUT2D eigenvalue weighted by Crippen LogP contribution is 2.29. The van der Waals surface area contributed by atoms with Gasteiger partial charge in [-0.1, -0.05) is 13.0 Å². The standard InChI is InChI=1S/C17H20N4O/c1-3-5-15-19-12(2)14-7-8-16(22)21(17(14)20-15)11-13-6-4-9-18-10-13/h4,6,9-10H,3,5,7-8,11H2,1-2H3. The molecule has 0 saturated carbocycles. The number of anilines is 1. The number of carbonyl (C=O) groups is 1. The molecule has 1 aliphatic rings. The van der Waals surface area contributed by atoms with Gasteiger partial charge in [-0.15, -0.1) is 0 Å². The molecular formula is C17H20N4O. The normalized spacial score (nSPS) is 14.1. The number of aromatic nitrogens is 3. The van der Waals surface area contributed by atoms with Crippen molar-refractivity contribution in [1.82, 2.24) is 15.0 Å². The van der Waals surface area contributed by atoms with Gasteiger partial charge in [0.15, 0.2) is 0 Å². The average molecular weight is 296 g/mol. The van der Waals surface area contributed by atoms with E-state index in [0.29, 0.717) is 13.0 Å². The van der Waals surface area contributed by atoms with Gasteiger partial charge in [0.2, 0.25) is 5.91 Å². The molecule has 0 saturated heterocycles. The Kier molecular flexibility index (Phi) is 4.13. The number of amides is 1. The number of aryl methyl sites for hydroxylation is 2. The fourth-order valence-electron chi connectivity index (χ4n) is 2.81. The summed E-state index contributed by atoms with van der Waals surface area (Å²) in [5, 5.41) is 0. The van der Waals surface area contributed by atoms with Gasteiger partial charge in [0.1, 0.15) is 11.6 Å². The van der Waals surface area contributed by atoms with Crippen LogP contribution in [0.25, 0.3) is 0 Å². The van der Waals surface area contributed by atoms with E-state index in [9.17, 15) is 4.79 Å². The largest absolute Gasteiger partial charge is 0.292 e. The molecular weight excluding hydrogens is 276 g/mol. The van der Waals surface area contributed by atoms with Gasteiger partial charge < -0.3 is 0 Å². The summed E-state index contributed by atoms with van der Waals surface area (Å²) in [5.74, 6) is 1.73. The van der Waals surface area contributed by atoms with Crippen LogP contribution in [-0.2, 0) is 24.2 Å². The Labute approximate surface area is 130 Å². The van der Waals surface area contributed by atoms with Crippen LogP contribution in [0.5, 0.6) is 0 Å². The highest BCUT2D eigenvalue weighted by atomic mass is 16.2. The summed E-state index contributed by atoms with van der Waals surface area (Å²) >= 11 is 0. The lowest BCUT2D eigenvalue weighted by atomic mass is 10.0. The topological polar surface area (TPSA) is 59.0 Å². The maximum Gasteiger partial charge on any atom is 0.228 e. The highest BCUT2D eigenvalue weighted by Gasteiger charge is 2.28. The van der Waals surface area contributed by atoms with E-state index in [0.717, 1.165) is 47.7 Å². The quantitative estimate of drug-likeness (QED) is 0.870. The second-order valence-electron chi connectivity index (χ2n) is 5.62. The first-order valence-electron chi connectivity index (χ1n) is 7.74. The number of nitrogens with zero attached hydrogens (tertiary/aromatic N) is 4. The van der Waals surface area contributed by atoms with E-state index >= 15 is 0 Å². The maximum absolute atomic E-state index is 12.4. The molecule has 0 fully saturated rings. The SMILES string of the molecule is CCCc1nc(C)c2c(n1)N(Cc1cccnc1)C(=O)CC2. The van der Waals surface area contributed by atoms with E-state index in [1.165, 1.54) is 0 Å². The Morgan fingerprint density at radius 3 is 2.86 bits per heavy atom. The van der Waals surface area contributed by atoms with Crippen molar-refractivity contribution in [3.63, 3.8) is 0 Å². The molecule has 5 nitrogen and oxygen atoms in total. The summed E-state index contributed by atoms with van der Waals surface area (Å²) in [7, 11) is 0. The van der Waals surface area contributed by atoms with Gasteiger partial charge in [-0.25, -0.2) is 9.97 Å². The molecule has 1 aliphatic heterocycles. The van der Waals surface area contributed by atoms with E-state index < -0.39 is 0 Å². The van der Waals surface area contributed by atoms with Crippen LogP contribution < -0.4 is 4.90 Å². The maximum atomic E-state index is 12.4. The van der Waals surface area contributed by atoms with Crippen molar-refractivity contribution in [2.45, 2.75) is 46.1 Å². The van der Waals surface area contributed by atoms with Crippen LogP contribution in [0.15, 0.2) is 24.5 Å². The Balaban J connectivity index is 1.99. The number of fused-ring (bicyclic) bond motifs is 1. The average Bonchev–Trinajstić information content (AvgIpc) is 2.51. The summed E-state index contributed by atoms with van der Waals surface area (Å²) in [4.78, 5) is 27.5. The van der Waals surface area contributed by atoms with Crippen LogP contribution >= 0.6 is 0 Å². The number of carbonyl (C=O) groups excluding carboxylic acids is 1. The zero-order valence-electron chi connectivity index (χ0n) is 13.0. The lowest BCUT2D eigenvalue weighted by Gasteiger charge is -2.29. The minimum Gasteiger partial charge on any atom is -0.292 e. The van der Waals surface area contributed by atoms with Crippen LogP contribution in [0.3, 0.4) is 0 Å². The molecule has 3 rings (SSSR count). The van der Waals surface area contributed by atoms with Crippen molar-refractivity contribution in [1.29, 1.82) is 0 Å². The molecule has 2 aromatic heterocycles. The summed E-state index contributed by atoms with van der Waals surface area (Å²) in [6.45, 7) is 4.64. The number of pyridine rings is 1. The smallest absolute Gasteiger partial charge is 0.228 e. The molecule has 3 heterocycles. The molecule has 0 aromatic carbocycles. The number of hydrogen-bond donors (Lipinski definition) is 0. The molecule has 0 radical (unpaired) electrons. The first-order valence-corrected chi connectivity index (χ1v) is 7.74. The Hall–Kier alpha value is -2.30. The van der Waals surface area contributed by atoms with Gasteiger partial charge in [-0.3, -0.25) is 14.7 Å². The molecule has 2 aromatic rings. The lowest BCUT2D eigenvalue weighted by molar-refractivity contribution is -0.119. The Morgan fingerprint density at radius 1 is 1.27 bits per heavy atom. The summed E-state index contributed by atoms with van der Waals surface area (Å²) < 4.78 is 0. The molecule has 1 amide bonds. The summed E-state index contributed by atoms with van der Waals surface area (Å²) in [5.41, 5.74) is 3.11. The molecule has 0 aliphatic carbocycles. The zero-order chi connectivity index (χ0) is 15.5. The van der Waals surface area contributed by atoms with Crippen LogP contribution in [0.1, 0.15) is 42.4 Å². The second kappa shape index (κ2) is 6.22. The van der Waals surface area contributed by atoms with E-state index in [-0.39, 0.29) is 5.91 Å². The summed E-state index contributed by atoms with van der Waals surface area (Å²) in [6.07, 6.45) is 6.61. The molecule has 0 atom stereocenters. The molecule has 114 valence electrons. The third kappa shape index (κ3) is 2.84. The number of rotatable bonds is 4. The molecule has 5 heteroatoms. The molecule has 22 heavy (non-hydrogen) atoms. The van der Waals surface area contributed by atoms with Crippen LogP contribution in [0.4, 0.5) is 5.82 Å². The highest BCUT2D eigenvalue weighted by molar-refractivity contribution is 5.95. The second-order valence-corrected chi connectivity index (χ2v) is 5.62. The zero-order valence-corrected chi connectivity index (χ0v) is 13.0. The van der Waals surface area contributed by atoms with Gasteiger partial charge in [-0.05, 0) is 31.4 Å². The molecule has 0 spiro atoms. The van der Waals surface area contributed by atoms with Crippen LogP contribution in [0, 0.1) is 6.92 Å². The molecule has 0 unspecified atom stereocenters. The van der Waals surface area contributed by atoms with Crippen LogP contribution in [0.2, 0.25) is 0 Å². The van der Waals surface area contributed by atoms with E-state index in [2.05, 4.69) is 21.9 Å². The van der Waals surface area contributed by atoms with E-state index in [4.69, 9.17) is 0 Å². The van der Waals surface area contributed by atoms with Gasteiger partial charge in [0, 0.05) is 36.5 Å². The van der Waals surface area contributed by atoms with Crippen molar-refractivity contribution in [3.8, 4) is 0 Å². The van der Waals surface area contributed by atoms with Gasteiger partial charge in [0.25, 0.3) is 0 Å². The lowest BCUT2D eigenvalue weighted by Crippen LogP contribution is -2.36. The van der Waals surface area contributed by atoms with Crippen molar-refractivity contribution in [3.05, 3.63) is 47.2 Å². The third-order valence-electron chi connectivity index (χ3n) is 3.92. The molecule has 0 N–H and O–H groups in total. The Morgan fingerprint density at radius 2 is 2.14 bits per heavy atom. The monoisotopic (exact) mass is 296 g/mol. The van der Waals surface area contributed by atoms with Crippen molar-refractivity contribution >= 4 is 11.7 Å². The van der Waals surface area contributed by atoms with Crippen LogP contribution in [-0.4, -0.2) is 20.9 Å². The predicted molar refractivity (Wildman–Crippen MR) is 84.5 cm³/mol. The van der Waals surface area contributed by atoms with Gasteiger partial charge in [-0.2, -0.15) is 0 Å². The Bertz CT molecular complexity index is 685. The van der Waals surface area contributed by atoms with E-state index in [1.807, 2.05) is 19.1 Å². The predicted octanol–water partition coefficient (Wildman–Crippen LogP) is 2.61. The minimum atomic E-state index is 0.122. The fourth-order valence-corrected chi connectivity index (χ4v) is 2.81. The first kappa shape index (κ1) is 14.6. The van der Waals surface area contributed by atoms with Crippen molar-refractivity contribution < 1.29 is 4.79 Å². The minimum absolute atomic E-state index is 0.122.